The SMILES string of the molecule is COc1cc2c(cc1O)C(CCC(O)CCc1cc(N)ncc1CC1=CCN=C1)C#CC(C(O)CCCC1(C3CNC4CC(=O)CCC4C3)CCCC1)C(=O)CC2. The van der Waals surface area contributed by atoms with Crippen molar-refractivity contribution in [2.45, 2.75) is 140 Å². The lowest BCUT2D eigenvalue weighted by molar-refractivity contribution is -0.124. The minimum absolute atomic E-state index is 0.0116. The van der Waals surface area contributed by atoms with Crippen molar-refractivity contribution >= 4 is 23.6 Å². The van der Waals surface area contributed by atoms with E-state index >= 15 is 0 Å². The standard InChI is InChI=1S/C47H62N4O6/c1-57-45-23-33-10-15-43(55)39(42(54)5-4-19-47(17-2-3-18-47)36-22-34-8-13-38(53)25-41(34)50-29-36)14-9-31(40(33)26-44(45)56)6-11-37(52)12-7-32-24-46(48)51-28-35(32)21-30-16-20-49-27-30/h16,23-24,26-28,31,34,36-37,39,41-42,50,52,54,56H,2-8,10-13,15,17-22,25,29H2,1H3,(H2,48,51). The number of Topliss-reactive ketones (excluding diaryl/α,β-unsaturated/α-hetero) is 2. The third-order valence-electron chi connectivity index (χ3n) is 14.0. The first-order chi connectivity index (χ1) is 27.6. The van der Waals surface area contributed by atoms with Gasteiger partial charge in [-0.15, -0.1) is 0 Å². The molecule has 2 saturated carbocycles. The molecule has 2 aromatic rings. The quantitative estimate of drug-likeness (QED) is 0.129. The number of phenols is 1. The van der Waals surface area contributed by atoms with Crippen LogP contribution >= 0.6 is 0 Å². The lowest BCUT2D eigenvalue weighted by atomic mass is 9.63. The third kappa shape index (κ3) is 9.99. The molecule has 0 radical (unpaired) electrons. The number of allylic oxidation sites excluding steroid dienone is 1. The van der Waals surface area contributed by atoms with E-state index in [2.05, 4.69) is 33.2 Å². The Balaban J connectivity index is 1.01. The fraction of sp³-hybridized carbons (Fsp3) is 0.617. The number of aliphatic hydroxyl groups excluding tert-OH is 2. The summed E-state index contributed by atoms with van der Waals surface area (Å²) in [6.07, 6.45) is 18.8. The van der Waals surface area contributed by atoms with Gasteiger partial charge in [0.1, 0.15) is 17.5 Å². The van der Waals surface area contributed by atoms with Gasteiger partial charge in [-0.3, -0.25) is 14.6 Å². The summed E-state index contributed by atoms with van der Waals surface area (Å²) < 4.78 is 5.44. The molecule has 1 saturated heterocycles. The predicted molar refractivity (Wildman–Crippen MR) is 222 cm³/mol. The molecule has 10 heteroatoms. The van der Waals surface area contributed by atoms with E-state index in [1.54, 1.807) is 12.1 Å². The molecule has 7 unspecified atom stereocenters. The summed E-state index contributed by atoms with van der Waals surface area (Å²) in [5, 5.41) is 37.6. The molecule has 57 heavy (non-hydrogen) atoms. The van der Waals surface area contributed by atoms with Crippen molar-refractivity contribution < 1.29 is 29.6 Å². The molecule has 7 rings (SSSR count). The van der Waals surface area contributed by atoms with Crippen molar-refractivity contribution in [3.63, 3.8) is 0 Å². The number of aliphatic hydroxyl groups is 2. The fourth-order valence-electron chi connectivity index (χ4n) is 10.7. The number of benzene rings is 1. The molecule has 5 aliphatic rings. The molecular weight excluding hydrogens is 717 g/mol. The van der Waals surface area contributed by atoms with Crippen molar-refractivity contribution in [2.75, 3.05) is 25.9 Å². The highest BCUT2D eigenvalue weighted by Crippen LogP contribution is 2.52. The number of hydrogen-bond donors (Lipinski definition) is 5. The van der Waals surface area contributed by atoms with E-state index in [0.29, 0.717) is 93.1 Å². The van der Waals surface area contributed by atoms with Gasteiger partial charge in [0.25, 0.3) is 0 Å². The number of aryl methyl sites for hydroxylation is 2. The van der Waals surface area contributed by atoms with Gasteiger partial charge in [0.05, 0.1) is 25.9 Å². The Hall–Kier alpha value is -4.04. The second kappa shape index (κ2) is 18.7. The number of ketones is 2. The molecular formula is C47H62N4O6. The molecule has 0 spiro atoms. The van der Waals surface area contributed by atoms with Crippen LogP contribution in [0.15, 0.2) is 41.0 Å². The Labute approximate surface area is 338 Å². The lowest BCUT2D eigenvalue weighted by Gasteiger charge is -2.47. The first-order valence-corrected chi connectivity index (χ1v) is 21.6. The highest BCUT2D eigenvalue weighted by atomic mass is 16.5. The minimum atomic E-state index is -0.870. The zero-order valence-corrected chi connectivity index (χ0v) is 33.7. The van der Waals surface area contributed by atoms with Crippen molar-refractivity contribution in [3.05, 3.63) is 58.3 Å². The topological polar surface area (TPSA) is 167 Å². The smallest absolute Gasteiger partial charge is 0.160 e. The molecule has 3 aliphatic carbocycles. The van der Waals surface area contributed by atoms with Crippen molar-refractivity contribution in [2.24, 2.45) is 28.2 Å². The van der Waals surface area contributed by atoms with Crippen molar-refractivity contribution in [3.8, 4) is 23.3 Å². The number of carbonyl (C=O) groups excluding carboxylic acids is 2. The van der Waals surface area contributed by atoms with Gasteiger partial charge in [0.2, 0.25) is 0 Å². The number of aromatic nitrogens is 1. The zero-order valence-electron chi connectivity index (χ0n) is 33.7. The Morgan fingerprint density at radius 2 is 1.89 bits per heavy atom. The van der Waals surface area contributed by atoms with E-state index in [1.807, 2.05) is 18.5 Å². The summed E-state index contributed by atoms with van der Waals surface area (Å²) in [6, 6.07) is 5.72. The van der Waals surface area contributed by atoms with E-state index in [0.717, 1.165) is 60.1 Å². The number of methoxy groups -OCH3 is 1. The second-order valence-electron chi connectivity index (χ2n) is 17.6. The largest absolute Gasteiger partial charge is 0.504 e. The summed E-state index contributed by atoms with van der Waals surface area (Å²) in [6.45, 7) is 1.66. The van der Waals surface area contributed by atoms with Gasteiger partial charge < -0.3 is 31.1 Å². The number of nitrogens with zero attached hydrogens (tertiary/aromatic N) is 2. The molecule has 7 atom stereocenters. The molecule has 0 bridgehead atoms. The number of aromatic hydroxyl groups is 1. The number of carbonyl (C=O) groups is 2. The number of nitrogens with two attached hydrogens (primary N) is 1. The van der Waals surface area contributed by atoms with Gasteiger partial charge in [-0.1, -0.05) is 37.2 Å². The number of anilines is 1. The molecule has 1 aromatic heterocycles. The fourth-order valence-corrected chi connectivity index (χ4v) is 10.7. The summed E-state index contributed by atoms with van der Waals surface area (Å²) in [7, 11) is 1.51. The van der Waals surface area contributed by atoms with Crippen LogP contribution in [-0.2, 0) is 28.9 Å². The van der Waals surface area contributed by atoms with E-state index < -0.39 is 18.1 Å². The summed E-state index contributed by atoms with van der Waals surface area (Å²) in [5.74, 6) is 7.76. The number of rotatable bonds is 15. The van der Waals surface area contributed by atoms with Crippen LogP contribution in [0.5, 0.6) is 11.5 Å². The molecule has 306 valence electrons. The number of aliphatic imine (C=N–C) groups is 1. The Kier molecular flexibility index (Phi) is 13.5. The first kappa shape index (κ1) is 41.1. The van der Waals surface area contributed by atoms with Crippen LogP contribution < -0.4 is 15.8 Å². The van der Waals surface area contributed by atoms with Crippen LogP contribution in [0.2, 0.25) is 0 Å². The number of pyridine rings is 1. The summed E-state index contributed by atoms with van der Waals surface area (Å²) in [5.41, 5.74) is 11.3. The van der Waals surface area contributed by atoms with Gasteiger partial charge in [0, 0.05) is 50.1 Å². The number of piperidine rings is 1. The Morgan fingerprint density at radius 1 is 1.05 bits per heavy atom. The number of nitrogens with one attached hydrogen (secondary N) is 1. The second-order valence-corrected chi connectivity index (χ2v) is 17.6. The van der Waals surface area contributed by atoms with Gasteiger partial charge in [-0.2, -0.15) is 0 Å². The number of nitrogen functional groups attached to an aromatic ring is 1. The van der Waals surface area contributed by atoms with Crippen LogP contribution in [0.1, 0.15) is 124 Å². The van der Waals surface area contributed by atoms with Crippen LogP contribution in [-0.4, -0.2) is 76.5 Å². The number of fused-ring (bicyclic) bond motifs is 2. The molecule has 2 aliphatic heterocycles. The maximum Gasteiger partial charge on any atom is 0.160 e. The van der Waals surface area contributed by atoms with Gasteiger partial charge in [0.15, 0.2) is 17.3 Å². The molecule has 1 aromatic carbocycles. The van der Waals surface area contributed by atoms with Crippen LogP contribution in [0.3, 0.4) is 0 Å². The van der Waals surface area contributed by atoms with Crippen molar-refractivity contribution in [1.29, 1.82) is 0 Å². The zero-order chi connectivity index (χ0) is 39.9. The first-order valence-electron chi connectivity index (χ1n) is 21.6. The Bertz CT molecular complexity index is 1890. The highest BCUT2D eigenvalue weighted by Gasteiger charge is 2.45. The molecule has 3 heterocycles. The van der Waals surface area contributed by atoms with E-state index in [1.165, 1.54) is 39.2 Å². The highest BCUT2D eigenvalue weighted by molar-refractivity contribution is 5.85. The monoisotopic (exact) mass is 778 g/mol. The lowest BCUT2D eigenvalue weighted by Crippen LogP contribution is -2.52. The van der Waals surface area contributed by atoms with Crippen LogP contribution in [0.4, 0.5) is 5.82 Å². The number of hydrogen-bond acceptors (Lipinski definition) is 10. The molecule has 3 fully saturated rings. The molecule has 6 N–H and O–H groups in total. The van der Waals surface area contributed by atoms with Crippen LogP contribution in [0.25, 0.3) is 0 Å². The predicted octanol–water partition coefficient (Wildman–Crippen LogP) is 6.36. The van der Waals surface area contributed by atoms with Crippen LogP contribution in [0, 0.1) is 35.0 Å². The maximum absolute atomic E-state index is 13.8. The average Bonchev–Trinajstić information content (AvgIpc) is 3.92. The average molecular weight is 779 g/mol. The molecule has 0 amide bonds. The normalized spacial score (nSPS) is 26.6. The molecule has 10 nitrogen and oxygen atoms in total. The van der Waals surface area contributed by atoms with Gasteiger partial charge in [-0.25, -0.2) is 4.98 Å². The third-order valence-corrected chi connectivity index (χ3v) is 14.0. The van der Waals surface area contributed by atoms with Crippen molar-refractivity contribution in [1.82, 2.24) is 10.3 Å². The van der Waals surface area contributed by atoms with E-state index in [9.17, 15) is 24.9 Å². The van der Waals surface area contributed by atoms with E-state index in [4.69, 9.17) is 10.5 Å². The summed E-state index contributed by atoms with van der Waals surface area (Å²) in [4.78, 5) is 34.5. The van der Waals surface area contributed by atoms with Gasteiger partial charge in [-0.05, 0) is 140 Å². The summed E-state index contributed by atoms with van der Waals surface area (Å²) >= 11 is 0. The maximum atomic E-state index is 13.8. The van der Waals surface area contributed by atoms with Gasteiger partial charge >= 0.3 is 0 Å². The number of phenolic OH excluding ortho intramolecular Hbond substituents is 1. The number of ether oxygens (including phenoxy) is 1. The minimum Gasteiger partial charge on any atom is -0.504 e. The van der Waals surface area contributed by atoms with E-state index in [-0.39, 0.29) is 29.3 Å². The Morgan fingerprint density at radius 3 is 2.68 bits per heavy atom.